The van der Waals surface area contributed by atoms with Crippen molar-refractivity contribution in [2.75, 3.05) is 7.11 Å². The van der Waals surface area contributed by atoms with E-state index in [1.165, 1.54) is 31.7 Å². The van der Waals surface area contributed by atoms with E-state index in [1.807, 2.05) is 7.11 Å². The van der Waals surface area contributed by atoms with Crippen molar-refractivity contribution in [3.8, 4) is 0 Å². The van der Waals surface area contributed by atoms with Crippen LogP contribution in [0.4, 0.5) is 0 Å². The first-order chi connectivity index (χ1) is 20.9. The molecular formula is C37H86O4Si5. The summed E-state index contributed by atoms with van der Waals surface area (Å²) in [5.41, 5.74) is 4.39. The summed E-state index contributed by atoms with van der Waals surface area (Å²) < 4.78 is 30.4. The SMILES string of the molecule is CO[Si](C)(C)CCCCCCC[Si](O[Si](C(C)C)(C(C)C)C(C)C)(O[Si](C(C)C)(C(C)C)C(C)C)O[Si](C(C)C)(C(C)C)C(C)C. The minimum Gasteiger partial charge on any atom is -0.420 e. The highest BCUT2D eigenvalue weighted by molar-refractivity contribution is 6.94. The lowest BCUT2D eigenvalue weighted by atomic mass is 10.2. The summed E-state index contributed by atoms with van der Waals surface area (Å²) in [5, 5.41) is 0. The monoisotopic (exact) mass is 735 g/mol. The summed E-state index contributed by atoms with van der Waals surface area (Å²) in [6.45, 7) is 48.5. The quantitative estimate of drug-likeness (QED) is 0.0731. The predicted molar refractivity (Wildman–Crippen MR) is 219 cm³/mol. The van der Waals surface area contributed by atoms with Gasteiger partial charge in [0.25, 0.3) is 0 Å². The summed E-state index contributed by atoms with van der Waals surface area (Å²) in [5.74, 6) is 0. The minimum atomic E-state index is -3.20. The third-order valence-corrected chi connectivity index (χ3v) is 39.8. The molecule has 0 aliphatic heterocycles. The molecule has 0 aromatic heterocycles. The van der Waals surface area contributed by atoms with Crippen molar-refractivity contribution in [3.05, 3.63) is 0 Å². The van der Waals surface area contributed by atoms with Crippen molar-refractivity contribution >= 4 is 42.1 Å². The summed E-state index contributed by atoms with van der Waals surface area (Å²) in [6, 6.07) is 2.22. The van der Waals surface area contributed by atoms with E-state index in [4.69, 9.17) is 16.8 Å². The second-order valence-electron chi connectivity index (χ2n) is 18.2. The van der Waals surface area contributed by atoms with E-state index in [1.54, 1.807) is 0 Å². The third-order valence-electron chi connectivity index (χ3n) is 11.9. The van der Waals surface area contributed by atoms with Crippen molar-refractivity contribution in [2.24, 2.45) is 0 Å². The van der Waals surface area contributed by atoms with Crippen molar-refractivity contribution in [2.45, 2.75) is 232 Å². The first kappa shape index (κ1) is 46.9. The van der Waals surface area contributed by atoms with Crippen LogP contribution in [0.5, 0.6) is 0 Å². The molecule has 0 fully saturated rings. The van der Waals surface area contributed by atoms with Gasteiger partial charge in [0, 0.05) is 13.2 Å². The zero-order chi connectivity index (χ0) is 36.5. The fourth-order valence-electron chi connectivity index (χ4n) is 9.61. The molecular weight excluding hydrogens is 649 g/mol. The Bertz CT molecular complexity index is 691. The van der Waals surface area contributed by atoms with Gasteiger partial charge in [0.2, 0.25) is 0 Å². The van der Waals surface area contributed by atoms with Crippen molar-refractivity contribution in [3.63, 3.8) is 0 Å². The van der Waals surface area contributed by atoms with Crippen LogP contribution < -0.4 is 0 Å². The molecule has 46 heavy (non-hydrogen) atoms. The zero-order valence-corrected chi connectivity index (χ0v) is 40.3. The van der Waals surface area contributed by atoms with Gasteiger partial charge in [-0.1, -0.05) is 150 Å². The van der Waals surface area contributed by atoms with Crippen LogP contribution in [0.3, 0.4) is 0 Å². The molecule has 0 rings (SSSR count). The van der Waals surface area contributed by atoms with Crippen molar-refractivity contribution in [1.29, 1.82) is 0 Å². The molecule has 0 spiro atoms. The number of hydrogen-bond acceptors (Lipinski definition) is 4. The van der Waals surface area contributed by atoms with Crippen molar-refractivity contribution in [1.82, 2.24) is 0 Å². The van der Waals surface area contributed by atoms with Gasteiger partial charge in [0.15, 0.2) is 33.3 Å². The van der Waals surface area contributed by atoms with E-state index in [0.717, 1.165) is 12.5 Å². The molecule has 0 unspecified atom stereocenters. The Morgan fingerprint density at radius 1 is 0.348 bits per heavy atom. The Hall–Kier alpha value is 0.924. The maximum absolute atomic E-state index is 8.20. The fraction of sp³-hybridized carbons (Fsp3) is 1.00. The van der Waals surface area contributed by atoms with Crippen LogP contribution in [-0.2, 0) is 16.8 Å². The van der Waals surface area contributed by atoms with Crippen LogP contribution in [0.2, 0.25) is 75.1 Å². The molecule has 0 saturated heterocycles. The standard InChI is InChI=1S/C37H86O4Si5/c1-29(2)44(30(3)4,31(5)6)39-43(40-45(32(7)8,33(9)10)34(11)12,41-46(35(13)14,36(15)16)37(17)18)28-26-24-22-23-25-27-42(20,21)38-19/h29-37H,22-28H2,1-21H3. The summed E-state index contributed by atoms with van der Waals surface area (Å²) in [6.07, 6.45) is 6.18. The lowest BCUT2D eigenvalue weighted by molar-refractivity contribution is 0.216. The molecule has 0 aromatic rings. The molecule has 0 aliphatic rings. The van der Waals surface area contributed by atoms with E-state index in [2.05, 4.69) is 138 Å². The molecule has 0 N–H and O–H groups in total. The Balaban J connectivity index is 7.45. The molecule has 0 atom stereocenters. The Labute approximate surface area is 296 Å². The van der Waals surface area contributed by atoms with Crippen molar-refractivity contribution < 1.29 is 16.8 Å². The second kappa shape index (κ2) is 19.5. The van der Waals surface area contributed by atoms with E-state index in [9.17, 15) is 0 Å². The maximum atomic E-state index is 8.20. The molecule has 0 radical (unpaired) electrons. The molecule has 4 nitrogen and oxygen atoms in total. The zero-order valence-electron chi connectivity index (χ0n) is 35.3. The van der Waals surface area contributed by atoms with Gasteiger partial charge in [0.05, 0.1) is 0 Å². The van der Waals surface area contributed by atoms with E-state index in [0.29, 0.717) is 49.9 Å². The number of rotatable bonds is 24. The van der Waals surface area contributed by atoms with Crippen LogP contribution in [0, 0.1) is 0 Å². The summed E-state index contributed by atoms with van der Waals surface area (Å²) in [7, 11) is -9.79. The highest BCUT2D eigenvalue weighted by atomic mass is 28.5. The summed E-state index contributed by atoms with van der Waals surface area (Å²) in [4.78, 5) is 0. The molecule has 0 amide bonds. The molecule has 0 bridgehead atoms. The topological polar surface area (TPSA) is 36.9 Å². The Morgan fingerprint density at radius 3 is 0.783 bits per heavy atom. The van der Waals surface area contributed by atoms with Crippen LogP contribution in [0.1, 0.15) is 157 Å². The van der Waals surface area contributed by atoms with Gasteiger partial charge in [-0.3, -0.25) is 0 Å². The average Bonchev–Trinajstić information content (AvgIpc) is 2.90. The molecule has 0 aliphatic carbocycles. The van der Waals surface area contributed by atoms with E-state index < -0.39 is 42.1 Å². The largest absolute Gasteiger partial charge is 0.469 e. The molecule has 278 valence electrons. The van der Waals surface area contributed by atoms with Gasteiger partial charge < -0.3 is 16.8 Å². The van der Waals surface area contributed by atoms with E-state index >= 15 is 0 Å². The lowest BCUT2D eigenvalue weighted by Crippen LogP contribution is -2.69. The van der Waals surface area contributed by atoms with Crippen LogP contribution in [-0.4, -0.2) is 49.2 Å². The Kier molecular flexibility index (Phi) is 19.9. The first-order valence-electron chi connectivity index (χ1n) is 19.5. The second-order valence-corrected chi connectivity index (χ2v) is 42.4. The van der Waals surface area contributed by atoms with Gasteiger partial charge in [-0.25, -0.2) is 0 Å². The Morgan fingerprint density at radius 2 is 0.565 bits per heavy atom. The number of hydrogen-bond donors (Lipinski definition) is 0. The van der Waals surface area contributed by atoms with Gasteiger partial charge in [0.1, 0.15) is 0 Å². The highest BCUT2D eigenvalue weighted by Gasteiger charge is 2.63. The normalized spacial score (nSPS) is 14.7. The van der Waals surface area contributed by atoms with Gasteiger partial charge in [-0.05, 0) is 75.4 Å². The highest BCUT2D eigenvalue weighted by Crippen LogP contribution is 2.53. The average molecular weight is 736 g/mol. The number of unbranched alkanes of at least 4 members (excludes halogenated alkanes) is 4. The first-order valence-corrected chi connectivity index (χ1v) is 31.0. The van der Waals surface area contributed by atoms with E-state index in [-0.39, 0.29) is 0 Å². The summed E-state index contributed by atoms with van der Waals surface area (Å²) >= 11 is 0. The molecule has 9 heteroatoms. The smallest absolute Gasteiger partial charge is 0.420 e. The van der Waals surface area contributed by atoms with Gasteiger partial charge >= 0.3 is 8.80 Å². The lowest BCUT2D eigenvalue weighted by Gasteiger charge is -2.56. The van der Waals surface area contributed by atoms with Crippen LogP contribution in [0.15, 0.2) is 0 Å². The van der Waals surface area contributed by atoms with Gasteiger partial charge in [-0.15, -0.1) is 0 Å². The fourth-order valence-corrected chi connectivity index (χ4v) is 41.4. The van der Waals surface area contributed by atoms with Crippen LogP contribution >= 0.6 is 0 Å². The molecule has 0 heterocycles. The predicted octanol–water partition coefficient (Wildman–Crippen LogP) is 14.3. The molecule has 0 aromatic carbocycles. The minimum absolute atomic E-state index is 0.487. The molecule has 0 saturated carbocycles. The maximum Gasteiger partial charge on any atom is 0.469 e. The van der Waals surface area contributed by atoms with Gasteiger partial charge in [-0.2, -0.15) is 0 Å². The third kappa shape index (κ3) is 11.2. The van der Waals surface area contributed by atoms with Crippen LogP contribution in [0.25, 0.3) is 0 Å².